The number of carboxylic acids is 1. The number of furan rings is 1. The zero-order chi connectivity index (χ0) is 12.8. The molecule has 1 atom stereocenters. The highest BCUT2D eigenvalue weighted by Crippen LogP contribution is 2.09. The number of carbonyl (C=O) groups is 2. The van der Waals surface area contributed by atoms with Crippen LogP contribution in [0.1, 0.15) is 22.5 Å². The van der Waals surface area contributed by atoms with Crippen LogP contribution in [-0.4, -0.2) is 29.9 Å². The summed E-state index contributed by atoms with van der Waals surface area (Å²) in [6, 6.07) is 0.537. The number of carbonyl (C=O) groups excluding carboxylic acids is 2. The fourth-order valence-electron chi connectivity index (χ4n) is 1.34. The predicted molar refractivity (Wildman–Crippen MR) is 62.7 cm³/mol. The molecule has 1 heterocycles. The molecule has 0 spiro atoms. The number of nitrogens with one attached hydrogen (secondary N) is 1. The standard InChI is InChI=1S/C11H15NO4S/c1-7-8(3-5-16-7)10(13)12-9(11(14)15)4-6-17-2/h3,5,9H,4,6H2,1-2H3,(H,12,13)(H,14,15)/p-1/t9-/m0/s1. The van der Waals surface area contributed by atoms with Gasteiger partial charge in [-0.15, -0.1) is 0 Å². The van der Waals surface area contributed by atoms with E-state index in [-0.39, 0.29) is 0 Å². The van der Waals surface area contributed by atoms with Crippen LogP contribution in [0.25, 0.3) is 0 Å². The lowest BCUT2D eigenvalue weighted by Crippen LogP contribution is -2.48. The quantitative estimate of drug-likeness (QED) is 0.785. The van der Waals surface area contributed by atoms with Crippen molar-refractivity contribution in [2.45, 2.75) is 19.4 Å². The lowest BCUT2D eigenvalue weighted by Gasteiger charge is -2.18. The number of rotatable bonds is 6. The van der Waals surface area contributed by atoms with Crippen LogP contribution in [0.2, 0.25) is 0 Å². The average Bonchev–Trinajstić information content (AvgIpc) is 2.70. The Morgan fingerprint density at radius 3 is 2.76 bits per heavy atom. The molecule has 6 heteroatoms. The number of aliphatic carboxylic acids is 1. The molecule has 94 valence electrons. The summed E-state index contributed by atoms with van der Waals surface area (Å²) in [6.45, 7) is 1.64. The zero-order valence-corrected chi connectivity index (χ0v) is 10.5. The van der Waals surface area contributed by atoms with Crippen molar-refractivity contribution in [2.24, 2.45) is 0 Å². The van der Waals surface area contributed by atoms with Crippen LogP contribution in [0, 0.1) is 6.92 Å². The molecule has 5 nitrogen and oxygen atoms in total. The maximum atomic E-state index is 11.7. The van der Waals surface area contributed by atoms with Crippen LogP contribution in [0.5, 0.6) is 0 Å². The Hall–Kier alpha value is -1.43. The lowest BCUT2D eigenvalue weighted by atomic mass is 10.2. The average molecular weight is 256 g/mol. The minimum Gasteiger partial charge on any atom is -0.548 e. The van der Waals surface area contributed by atoms with Crippen molar-refractivity contribution in [1.29, 1.82) is 0 Å². The van der Waals surface area contributed by atoms with E-state index in [4.69, 9.17) is 4.42 Å². The highest BCUT2D eigenvalue weighted by atomic mass is 32.2. The van der Waals surface area contributed by atoms with E-state index >= 15 is 0 Å². The lowest BCUT2D eigenvalue weighted by molar-refractivity contribution is -0.308. The predicted octanol–water partition coefficient (Wildman–Crippen LogP) is 0.189. The third kappa shape index (κ3) is 3.81. The maximum absolute atomic E-state index is 11.7. The van der Waals surface area contributed by atoms with Crippen molar-refractivity contribution in [3.8, 4) is 0 Å². The molecule has 1 N–H and O–H groups in total. The van der Waals surface area contributed by atoms with Gasteiger partial charge in [0.1, 0.15) is 5.76 Å². The first kappa shape index (κ1) is 13.6. The topological polar surface area (TPSA) is 82.4 Å². The van der Waals surface area contributed by atoms with Gasteiger partial charge in [0, 0.05) is 0 Å². The van der Waals surface area contributed by atoms with E-state index in [1.54, 1.807) is 6.92 Å². The molecule has 0 aliphatic rings. The molecule has 0 aliphatic carbocycles. The van der Waals surface area contributed by atoms with Crippen molar-refractivity contribution >= 4 is 23.6 Å². The van der Waals surface area contributed by atoms with Crippen LogP contribution >= 0.6 is 11.8 Å². The molecule has 0 radical (unpaired) electrons. The van der Waals surface area contributed by atoms with Crippen molar-refractivity contribution in [1.82, 2.24) is 5.32 Å². The molecule has 0 bridgehead atoms. The summed E-state index contributed by atoms with van der Waals surface area (Å²) in [4.78, 5) is 22.6. The third-order valence-corrected chi connectivity index (χ3v) is 2.95. The van der Waals surface area contributed by atoms with Gasteiger partial charge in [-0.25, -0.2) is 0 Å². The molecule has 0 aromatic carbocycles. The fourth-order valence-corrected chi connectivity index (χ4v) is 1.81. The van der Waals surface area contributed by atoms with Gasteiger partial charge in [-0.3, -0.25) is 4.79 Å². The number of hydrogen-bond acceptors (Lipinski definition) is 5. The highest BCUT2D eigenvalue weighted by Gasteiger charge is 2.17. The summed E-state index contributed by atoms with van der Waals surface area (Å²) in [5.41, 5.74) is 0.348. The van der Waals surface area contributed by atoms with Crippen molar-refractivity contribution in [3.05, 3.63) is 23.7 Å². The molecule has 1 rings (SSSR count). The van der Waals surface area contributed by atoms with E-state index in [0.717, 1.165) is 0 Å². The van der Waals surface area contributed by atoms with E-state index < -0.39 is 17.9 Å². The largest absolute Gasteiger partial charge is 0.548 e. The summed E-state index contributed by atoms with van der Waals surface area (Å²) >= 11 is 1.51. The first-order valence-electron chi connectivity index (χ1n) is 5.11. The van der Waals surface area contributed by atoms with Gasteiger partial charge in [0.05, 0.1) is 23.8 Å². The molecule has 1 amide bonds. The molecule has 0 saturated heterocycles. The second-order valence-electron chi connectivity index (χ2n) is 3.52. The Kier molecular flexibility index (Phi) is 5.09. The Morgan fingerprint density at radius 2 is 2.29 bits per heavy atom. The van der Waals surface area contributed by atoms with Crippen LogP contribution in [0.4, 0.5) is 0 Å². The Bertz CT molecular complexity index is 402. The Labute approximate surface area is 104 Å². The highest BCUT2D eigenvalue weighted by molar-refractivity contribution is 7.98. The van der Waals surface area contributed by atoms with E-state index in [0.29, 0.717) is 23.5 Å². The first-order valence-corrected chi connectivity index (χ1v) is 6.50. The van der Waals surface area contributed by atoms with Gasteiger partial charge in [0.25, 0.3) is 5.91 Å². The molecule has 0 fully saturated rings. The number of thioether (sulfide) groups is 1. The minimum atomic E-state index is -1.27. The summed E-state index contributed by atoms with van der Waals surface area (Å²) in [5.74, 6) is -0.618. The van der Waals surface area contributed by atoms with Crippen LogP contribution in [0.3, 0.4) is 0 Å². The molecule has 17 heavy (non-hydrogen) atoms. The number of amides is 1. The van der Waals surface area contributed by atoms with E-state index in [1.165, 1.54) is 24.1 Å². The number of aryl methyl sites for hydroxylation is 1. The monoisotopic (exact) mass is 256 g/mol. The Morgan fingerprint density at radius 1 is 1.59 bits per heavy atom. The molecule has 0 saturated carbocycles. The summed E-state index contributed by atoms with van der Waals surface area (Å²) in [5, 5.41) is 13.3. The Balaban J connectivity index is 2.64. The molecular formula is C11H14NO4S-. The van der Waals surface area contributed by atoms with E-state index in [2.05, 4.69) is 5.32 Å². The van der Waals surface area contributed by atoms with Gasteiger partial charge in [-0.1, -0.05) is 0 Å². The summed E-state index contributed by atoms with van der Waals surface area (Å²) < 4.78 is 4.98. The fraction of sp³-hybridized carbons (Fsp3) is 0.455. The second-order valence-corrected chi connectivity index (χ2v) is 4.50. The second kappa shape index (κ2) is 6.34. The number of hydrogen-bond donors (Lipinski definition) is 1. The molecule has 0 aliphatic heterocycles. The van der Waals surface area contributed by atoms with Crippen molar-refractivity contribution in [2.75, 3.05) is 12.0 Å². The van der Waals surface area contributed by atoms with Crippen LogP contribution in [-0.2, 0) is 4.79 Å². The van der Waals surface area contributed by atoms with Crippen molar-refractivity contribution < 1.29 is 19.1 Å². The smallest absolute Gasteiger partial charge is 0.255 e. The SMILES string of the molecule is CSCC[C@H](NC(=O)c1ccoc1C)C(=O)[O-]. The first-order chi connectivity index (χ1) is 8.06. The normalized spacial score (nSPS) is 12.1. The van der Waals surface area contributed by atoms with Gasteiger partial charge in [0.15, 0.2) is 0 Å². The van der Waals surface area contributed by atoms with Gasteiger partial charge in [-0.05, 0) is 31.4 Å². The van der Waals surface area contributed by atoms with Crippen LogP contribution in [0.15, 0.2) is 16.7 Å². The molecular weight excluding hydrogens is 242 g/mol. The molecule has 1 aromatic heterocycles. The maximum Gasteiger partial charge on any atom is 0.255 e. The van der Waals surface area contributed by atoms with Crippen molar-refractivity contribution in [3.63, 3.8) is 0 Å². The van der Waals surface area contributed by atoms with E-state index in [1.807, 2.05) is 6.26 Å². The molecule has 0 unspecified atom stereocenters. The van der Waals surface area contributed by atoms with Gasteiger partial charge in [0.2, 0.25) is 0 Å². The van der Waals surface area contributed by atoms with Crippen LogP contribution < -0.4 is 10.4 Å². The summed E-state index contributed by atoms with van der Waals surface area (Å²) in [6.07, 6.45) is 3.60. The van der Waals surface area contributed by atoms with E-state index in [9.17, 15) is 14.7 Å². The zero-order valence-electron chi connectivity index (χ0n) is 9.69. The van der Waals surface area contributed by atoms with Gasteiger partial charge >= 0.3 is 0 Å². The number of carboxylic acid groups (broad SMARTS) is 1. The molecule has 1 aromatic rings. The minimum absolute atomic E-state index is 0.339. The van der Waals surface area contributed by atoms with Gasteiger partial charge in [-0.2, -0.15) is 11.8 Å². The van der Waals surface area contributed by atoms with Gasteiger partial charge < -0.3 is 19.6 Å². The summed E-state index contributed by atoms with van der Waals surface area (Å²) in [7, 11) is 0. The third-order valence-electron chi connectivity index (χ3n) is 2.30.